The first-order chi connectivity index (χ1) is 5.28. The largest absolute Gasteiger partial charge is 0.389 e. The quantitative estimate of drug-likeness (QED) is 0.603. The molecule has 0 saturated heterocycles. The van der Waals surface area contributed by atoms with Crippen LogP contribution < -0.4 is 0 Å². The van der Waals surface area contributed by atoms with Crippen molar-refractivity contribution in [1.82, 2.24) is 0 Å². The molecule has 4 heteroatoms. The summed E-state index contributed by atoms with van der Waals surface area (Å²) in [5.74, 6) is 0. The Kier molecular flexibility index (Phi) is 3.32. The SMILES string of the molecule is C=C[Si](C)(C=C)C(C)C(F)(F)F. The van der Waals surface area contributed by atoms with E-state index in [9.17, 15) is 13.2 Å². The van der Waals surface area contributed by atoms with Crippen LogP contribution in [0.3, 0.4) is 0 Å². The molecule has 0 aliphatic carbocycles. The van der Waals surface area contributed by atoms with Crippen LogP contribution in [0.1, 0.15) is 6.92 Å². The molecule has 0 N–H and O–H groups in total. The van der Waals surface area contributed by atoms with Gasteiger partial charge in [0.2, 0.25) is 0 Å². The molecule has 1 atom stereocenters. The molecule has 0 saturated carbocycles. The maximum atomic E-state index is 12.3. The number of hydrogen-bond acceptors (Lipinski definition) is 0. The summed E-state index contributed by atoms with van der Waals surface area (Å²) in [4.78, 5) is 0. The first-order valence-corrected chi connectivity index (χ1v) is 6.35. The summed E-state index contributed by atoms with van der Waals surface area (Å²) in [5.41, 5.74) is 1.52. The Morgan fingerprint density at radius 2 is 1.58 bits per heavy atom. The van der Waals surface area contributed by atoms with E-state index in [0.717, 1.165) is 0 Å². The van der Waals surface area contributed by atoms with E-state index in [1.165, 1.54) is 18.3 Å². The van der Waals surface area contributed by atoms with Gasteiger partial charge in [0.1, 0.15) is 8.07 Å². The van der Waals surface area contributed by atoms with Crippen LogP contribution in [0.2, 0.25) is 12.1 Å². The van der Waals surface area contributed by atoms with Crippen molar-refractivity contribution in [2.24, 2.45) is 0 Å². The van der Waals surface area contributed by atoms with E-state index in [1.54, 1.807) is 6.55 Å². The Bertz CT molecular complexity index is 175. The van der Waals surface area contributed by atoms with E-state index in [1.807, 2.05) is 0 Å². The minimum absolute atomic E-state index is 1.19. The molecule has 0 aromatic heterocycles. The van der Waals surface area contributed by atoms with E-state index in [2.05, 4.69) is 13.2 Å². The van der Waals surface area contributed by atoms with Crippen LogP contribution in [-0.4, -0.2) is 14.3 Å². The zero-order valence-corrected chi connectivity index (χ0v) is 8.28. The summed E-state index contributed by atoms with van der Waals surface area (Å²) < 4.78 is 36.8. The molecular formula is C8H13F3Si. The molecule has 0 spiro atoms. The zero-order chi connectivity index (χ0) is 9.99. The number of rotatable bonds is 3. The van der Waals surface area contributed by atoms with Crippen molar-refractivity contribution < 1.29 is 13.2 Å². The van der Waals surface area contributed by atoms with Gasteiger partial charge in [0.15, 0.2) is 0 Å². The van der Waals surface area contributed by atoms with E-state index in [0.29, 0.717) is 0 Å². The smallest absolute Gasteiger partial charge is 0.171 e. The van der Waals surface area contributed by atoms with Crippen molar-refractivity contribution in [2.45, 2.75) is 25.2 Å². The van der Waals surface area contributed by atoms with Crippen LogP contribution in [0.4, 0.5) is 13.2 Å². The second-order valence-corrected chi connectivity index (χ2v) is 7.45. The number of halogens is 3. The topological polar surface area (TPSA) is 0 Å². The third kappa shape index (κ3) is 2.23. The molecule has 0 fully saturated rings. The second-order valence-electron chi connectivity index (χ2n) is 3.04. The number of hydrogen-bond donors (Lipinski definition) is 0. The van der Waals surface area contributed by atoms with Gasteiger partial charge < -0.3 is 0 Å². The van der Waals surface area contributed by atoms with Gasteiger partial charge in [0.25, 0.3) is 0 Å². The van der Waals surface area contributed by atoms with Gasteiger partial charge in [-0.05, 0) is 0 Å². The maximum Gasteiger partial charge on any atom is 0.389 e. The monoisotopic (exact) mass is 194 g/mol. The van der Waals surface area contributed by atoms with Crippen LogP contribution in [0, 0.1) is 0 Å². The van der Waals surface area contributed by atoms with Crippen LogP contribution in [0.25, 0.3) is 0 Å². The minimum atomic E-state index is -4.14. The molecule has 0 radical (unpaired) electrons. The molecule has 1 unspecified atom stereocenters. The Morgan fingerprint density at radius 1 is 1.25 bits per heavy atom. The maximum absolute atomic E-state index is 12.3. The van der Waals surface area contributed by atoms with E-state index in [-0.39, 0.29) is 0 Å². The summed E-state index contributed by atoms with van der Waals surface area (Å²) in [6, 6.07) is 0. The van der Waals surface area contributed by atoms with Crippen LogP contribution >= 0.6 is 0 Å². The molecule has 0 bridgehead atoms. The highest BCUT2D eigenvalue weighted by Crippen LogP contribution is 2.39. The van der Waals surface area contributed by atoms with Crippen LogP contribution in [0.5, 0.6) is 0 Å². The van der Waals surface area contributed by atoms with E-state index >= 15 is 0 Å². The van der Waals surface area contributed by atoms with Crippen molar-refractivity contribution in [3.8, 4) is 0 Å². The highest BCUT2D eigenvalue weighted by molar-refractivity contribution is 6.89. The molecule has 0 amide bonds. The van der Waals surface area contributed by atoms with Gasteiger partial charge in [-0.1, -0.05) is 24.9 Å². The fraction of sp³-hybridized carbons (Fsp3) is 0.500. The highest BCUT2D eigenvalue weighted by atomic mass is 28.3. The normalized spacial score (nSPS) is 15.4. The Morgan fingerprint density at radius 3 is 1.67 bits per heavy atom. The van der Waals surface area contributed by atoms with Crippen LogP contribution in [0.15, 0.2) is 24.6 Å². The Labute approximate surface area is 71.8 Å². The Balaban J connectivity index is 4.76. The van der Waals surface area contributed by atoms with E-state index in [4.69, 9.17) is 0 Å². The zero-order valence-electron chi connectivity index (χ0n) is 7.28. The Hall–Kier alpha value is -0.513. The molecule has 0 rings (SSSR count). The molecule has 0 heterocycles. The van der Waals surface area contributed by atoms with Gasteiger partial charge in [0, 0.05) is 0 Å². The molecule has 0 aromatic rings. The molecule has 70 valence electrons. The lowest BCUT2D eigenvalue weighted by Crippen LogP contribution is -2.38. The van der Waals surface area contributed by atoms with Gasteiger partial charge in [-0.15, -0.1) is 13.2 Å². The summed E-state index contributed by atoms with van der Waals surface area (Å²) in [6.45, 7) is 9.65. The van der Waals surface area contributed by atoms with Gasteiger partial charge in [-0.3, -0.25) is 0 Å². The van der Waals surface area contributed by atoms with Crippen LogP contribution in [-0.2, 0) is 0 Å². The lowest BCUT2D eigenvalue weighted by atomic mass is 10.5. The molecule has 0 aliphatic rings. The predicted molar refractivity (Wildman–Crippen MR) is 47.5 cm³/mol. The fourth-order valence-corrected chi connectivity index (χ4v) is 2.37. The highest BCUT2D eigenvalue weighted by Gasteiger charge is 2.46. The molecule has 0 nitrogen and oxygen atoms in total. The van der Waals surface area contributed by atoms with Gasteiger partial charge in [-0.25, -0.2) is 0 Å². The summed E-state index contributed by atoms with van der Waals surface area (Å²) in [6.07, 6.45) is -4.14. The third-order valence-electron chi connectivity index (χ3n) is 2.30. The average Bonchev–Trinajstić information content (AvgIpc) is 2.00. The van der Waals surface area contributed by atoms with E-state index < -0.39 is 19.8 Å². The first-order valence-electron chi connectivity index (χ1n) is 3.62. The standard InChI is InChI=1S/C8H13F3Si/c1-5-12(4,6-2)7(3)8(9,10)11/h5-7H,1-2H2,3-4H3. The fourth-order valence-electron chi connectivity index (χ4n) is 0.790. The van der Waals surface area contributed by atoms with Gasteiger partial charge >= 0.3 is 6.18 Å². The predicted octanol–water partition coefficient (Wildman–Crippen LogP) is 3.47. The van der Waals surface area contributed by atoms with Gasteiger partial charge in [-0.2, -0.15) is 13.2 Å². The van der Waals surface area contributed by atoms with Crippen molar-refractivity contribution >= 4 is 8.07 Å². The molecule has 12 heavy (non-hydrogen) atoms. The number of alkyl halides is 3. The summed E-state index contributed by atoms with van der Waals surface area (Å²) in [7, 11) is -2.53. The van der Waals surface area contributed by atoms with Crippen molar-refractivity contribution in [3.05, 3.63) is 24.6 Å². The molecule has 0 aliphatic heterocycles. The summed E-state index contributed by atoms with van der Waals surface area (Å²) >= 11 is 0. The third-order valence-corrected chi connectivity index (χ3v) is 6.26. The molecule has 0 aromatic carbocycles. The molecular weight excluding hydrogens is 181 g/mol. The van der Waals surface area contributed by atoms with Crippen molar-refractivity contribution in [3.63, 3.8) is 0 Å². The van der Waals surface area contributed by atoms with Crippen molar-refractivity contribution in [1.29, 1.82) is 0 Å². The average molecular weight is 194 g/mol. The van der Waals surface area contributed by atoms with Crippen molar-refractivity contribution in [2.75, 3.05) is 0 Å². The lowest BCUT2D eigenvalue weighted by Gasteiger charge is -2.28. The summed E-state index contributed by atoms with van der Waals surface area (Å²) in [5, 5.41) is 0. The van der Waals surface area contributed by atoms with Gasteiger partial charge in [0.05, 0.1) is 5.54 Å². The minimum Gasteiger partial charge on any atom is -0.171 e. The second kappa shape index (κ2) is 3.47. The first kappa shape index (κ1) is 11.5. The lowest BCUT2D eigenvalue weighted by molar-refractivity contribution is -0.131.